The zero-order valence-corrected chi connectivity index (χ0v) is 7.44. The number of carbonyl (C=O) groups is 1. The molecule has 1 aliphatic rings. The van der Waals surface area contributed by atoms with Gasteiger partial charge in [-0.05, 0) is 25.0 Å². The van der Waals surface area contributed by atoms with Gasteiger partial charge in [0.05, 0.1) is 0 Å². The van der Waals surface area contributed by atoms with Gasteiger partial charge in [0.25, 0.3) is 0 Å². The fourth-order valence-corrected chi connectivity index (χ4v) is 1.60. The summed E-state index contributed by atoms with van der Waals surface area (Å²) < 4.78 is 0. The van der Waals surface area contributed by atoms with Crippen LogP contribution < -0.4 is 4.90 Å². The zero-order valence-electron chi connectivity index (χ0n) is 7.44. The average molecular weight is 176 g/mol. The van der Waals surface area contributed by atoms with E-state index in [1.54, 1.807) is 12.4 Å². The third-order valence-corrected chi connectivity index (χ3v) is 2.30. The predicted molar refractivity (Wildman–Crippen MR) is 50.4 cm³/mol. The van der Waals surface area contributed by atoms with Crippen LogP contribution in [-0.2, 0) is 4.79 Å². The van der Waals surface area contributed by atoms with Crippen molar-refractivity contribution in [2.75, 3.05) is 11.4 Å². The smallest absolute Gasteiger partial charge is 0.226 e. The Kier molecular flexibility index (Phi) is 2.25. The van der Waals surface area contributed by atoms with Crippen LogP contribution in [-0.4, -0.2) is 17.4 Å². The fourth-order valence-electron chi connectivity index (χ4n) is 1.60. The first-order valence-electron chi connectivity index (χ1n) is 4.58. The highest BCUT2D eigenvalue weighted by atomic mass is 16.2. The van der Waals surface area contributed by atoms with Crippen LogP contribution in [0, 0.1) is 0 Å². The standard InChI is InChI=1S/C10H12N2O/c13-10-3-1-2-8-12(10)9-4-6-11-7-5-9/h4-7H,1-3,8H2. The fraction of sp³-hybridized carbons (Fsp3) is 0.400. The van der Waals surface area contributed by atoms with E-state index in [0.29, 0.717) is 6.42 Å². The van der Waals surface area contributed by atoms with E-state index in [9.17, 15) is 4.79 Å². The molecule has 68 valence electrons. The van der Waals surface area contributed by atoms with Crippen LogP contribution in [0.2, 0.25) is 0 Å². The Morgan fingerprint density at radius 3 is 2.69 bits per heavy atom. The van der Waals surface area contributed by atoms with Crippen LogP contribution in [0.4, 0.5) is 5.69 Å². The molecule has 0 aromatic carbocycles. The van der Waals surface area contributed by atoms with Crippen molar-refractivity contribution in [3.8, 4) is 0 Å². The van der Waals surface area contributed by atoms with Gasteiger partial charge in [-0.15, -0.1) is 0 Å². The van der Waals surface area contributed by atoms with E-state index in [1.165, 1.54) is 0 Å². The Bertz CT molecular complexity index is 297. The molecular weight excluding hydrogens is 164 g/mol. The summed E-state index contributed by atoms with van der Waals surface area (Å²) in [5.41, 5.74) is 0.972. The number of hydrogen-bond donors (Lipinski definition) is 0. The van der Waals surface area contributed by atoms with Gasteiger partial charge in [0.1, 0.15) is 0 Å². The van der Waals surface area contributed by atoms with Crippen LogP contribution in [0.1, 0.15) is 19.3 Å². The lowest BCUT2D eigenvalue weighted by molar-refractivity contribution is -0.119. The maximum atomic E-state index is 11.5. The number of piperidine rings is 1. The first kappa shape index (κ1) is 8.23. The van der Waals surface area contributed by atoms with Gasteiger partial charge in [-0.3, -0.25) is 9.78 Å². The lowest BCUT2D eigenvalue weighted by Gasteiger charge is -2.26. The molecule has 2 heterocycles. The second-order valence-corrected chi connectivity index (χ2v) is 3.21. The molecule has 0 N–H and O–H groups in total. The Labute approximate surface area is 77.4 Å². The van der Waals surface area contributed by atoms with Gasteiger partial charge in [-0.2, -0.15) is 0 Å². The van der Waals surface area contributed by atoms with Gasteiger partial charge in [0, 0.05) is 31.0 Å². The highest BCUT2D eigenvalue weighted by Crippen LogP contribution is 2.19. The minimum Gasteiger partial charge on any atom is -0.312 e. The molecule has 0 saturated carbocycles. The summed E-state index contributed by atoms with van der Waals surface area (Å²) in [4.78, 5) is 17.3. The lowest BCUT2D eigenvalue weighted by Crippen LogP contribution is -2.35. The molecule has 1 amide bonds. The molecule has 1 fully saturated rings. The maximum absolute atomic E-state index is 11.5. The van der Waals surface area contributed by atoms with Crippen LogP contribution in [0.3, 0.4) is 0 Å². The number of carbonyl (C=O) groups excluding carboxylic acids is 1. The van der Waals surface area contributed by atoms with Crippen molar-refractivity contribution in [3.63, 3.8) is 0 Å². The molecule has 3 heteroatoms. The summed E-state index contributed by atoms with van der Waals surface area (Å²) in [6.07, 6.45) is 6.26. The molecule has 13 heavy (non-hydrogen) atoms. The van der Waals surface area contributed by atoms with Gasteiger partial charge < -0.3 is 4.90 Å². The van der Waals surface area contributed by atoms with E-state index in [2.05, 4.69) is 4.98 Å². The number of rotatable bonds is 1. The van der Waals surface area contributed by atoms with Gasteiger partial charge >= 0.3 is 0 Å². The maximum Gasteiger partial charge on any atom is 0.226 e. The highest BCUT2D eigenvalue weighted by Gasteiger charge is 2.18. The average Bonchev–Trinajstić information content (AvgIpc) is 2.20. The minimum absolute atomic E-state index is 0.234. The molecule has 0 spiro atoms. The van der Waals surface area contributed by atoms with E-state index in [1.807, 2.05) is 17.0 Å². The van der Waals surface area contributed by atoms with E-state index >= 15 is 0 Å². The number of amides is 1. The molecule has 0 aliphatic carbocycles. The van der Waals surface area contributed by atoms with E-state index < -0.39 is 0 Å². The van der Waals surface area contributed by atoms with Crippen molar-refractivity contribution in [1.29, 1.82) is 0 Å². The number of pyridine rings is 1. The van der Waals surface area contributed by atoms with E-state index in [4.69, 9.17) is 0 Å². The van der Waals surface area contributed by atoms with Crippen LogP contribution in [0.5, 0.6) is 0 Å². The first-order valence-corrected chi connectivity index (χ1v) is 4.58. The van der Waals surface area contributed by atoms with Crippen molar-refractivity contribution in [3.05, 3.63) is 24.5 Å². The minimum atomic E-state index is 0.234. The summed E-state index contributed by atoms with van der Waals surface area (Å²) in [5.74, 6) is 0.234. The number of nitrogens with zero attached hydrogens (tertiary/aromatic N) is 2. The summed E-state index contributed by atoms with van der Waals surface area (Å²) in [5, 5.41) is 0. The topological polar surface area (TPSA) is 33.2 Å². The molecule has 1 aromatic heterocycles. The van der Waals surface area contributed by atoms with E-state index in [-0.39, 0.29) is 5.91 Å². The Morgan fingerprint density at radius 2 is 2.00 bits per heavy atom. The SMILES string of the molecule is O=C1CCCCN1c1ccncc1. The zero-order chi connectivity index (χ0) is 9.10. The van der Waals surface area contributed by atoms with Crippen molar-refractivity contribution in [2.24, 2.45) is 0 Å². The Balaban J connectivity index is 2.20. The molecule has 0 unspecified atom stereocenters. The highest BCUT2D eigenvalue weighted by molar-refractivity contribution is 5.93. The molecule has 0 radical (unpaired) electrons. The Morgan fingerprint density at radius 1 is 1.23 bits per heavy atom. The first-order chi connectivity index (χ1) is 6.38. The van der Waals surface area contributed by atoms with Crippen molar-refractivity contribution in [2.45, 2.75) is 19.3 Å². The summed E-state index contributed by atoms with van der Waals surface area (Å²) in [6, 6.07) is 3.76. The normalized spacial score (nSPS) is 17.5. The Hall–Kier alpha value is -1.38. The number of aromatic nitrogens is 1. The lowest BCUT2D eigenvalue weighted by atomic mass is 10.1. The summed E-state index contributed by atoms with van der Waals surface area (Å²) >= 11 is 0. The molecule has 0 atom stereocenters. The molecule has 1 aromatic rings. The molecule has 1 saturated heterocycles. The van der Waals surface area contributed by atoms with Gasteiger partial charge in [-0.25, -0.2) is 0 Å². The van der Waals surface area contributed by atoms with Crippen LogP contribution >= 0.6 is 0 Å². The third-order valence-electron chi connectivity index (χ3n) is 2.30. The van der Waals surface area contributed by atoms with Crippen LogP contribution in [0.25, 0.3) is 0 Å². The number of hydrogen-bond acceptors (Lipinski definition) is 2. The van der Waals surface area contributed by atoms with Crippen molar-refractivity contribution < 1.29 is 4.79 Å². The molecule has 0 bridgehead atoms. The number of anilines is 1. The van der Waals surface area contributed by atoms with Gasteiger partial charge in [-0.1, -0.05) is 0 Å². The molecular formula is C10H12N2O. The van der Waals surface area contributed by atoms with Crippen molar-refractivity contribution in [1.82, 2.24) is 4.98 Å². The second kappa shape index (κ2) is 3.56. The van der Waals surface area contributed by atoms with E-state index in [0.717, 1.165) is 25.1 Å². The largest absolute Gasteiger partial charge is 0.312 e. The van der Waals surface area contributed by atoms with Gasteiger partial charge in [0.15, 0.2) is 0 Å². The van der Waals surface area contributed by atoms with Crippen LogP contribution in [0.15, 0.2) is 24.5 Å². The quantitative estimate of drug-likeness (QED) is 0.651. The summed E-state index contributed by atoms with van der Waals surface area (Å²) in [6.45, 7) is 0.850. The third kappa shape index (κ3) is 1.69. The molecule has 1 aliphatic heterocycles. The van der Waals surface area contributed by atoms with Crippen molar-refractivity contribution >= 4 is 11.6 Å². The van der Waals surface area contributed by atoms with Gasteiger partial charge in [0.2, 0.25) is 5.91 Å². The monoisotopic (exact) mass is 176 g/mol. The molecule has 3 nitrogen and oxygen atoms in total. The predicted octanol–water partition coefficient (Wildman–Crippen LogP) is 1.60. The second-order valence-electron chi connectivity index (χ2n) is 3.21. The molecule has 2 rings (SSSR count). The summed E-state index contributed by atoms with van der Waals surface area (Å²) in [7, 11) is 0.